The molecule has 0 saturated heterocycles. The molecule has 4 aromatic rings. The minimum atomic E-state index is 0.0335. The molecule has 3 heteroatoms. The van der Waals surface area contributed by atoms with Crippen LogP contribution in [0.25, 0.3) is 27.6 Å². The number of para-hydroxylation sites is 3. The highest BCUT2D eigenvalue weighted by atomic mass is 15.1. The summed E-state index contributed by atoms with van der Waals surface area (Å²) in [5.74, 6) is 1.12. The van der Waals surface area contributed by atoms with Gasteiger partial charge in [-0.2, -0.15) is 0 Å². The van der Waals surface area contributed by atoms with Crippen molar-refractivity contribution in [2.45, 2.75) is 39.0 Å². The normalized spacial score (nSPS) is 12.5. The summed E-state index contributed by atoms with van der Waals surface area (Å²) in [4.78, 5) is 9.97. The second kappa shape index (κ2) is 5.05. The van der Waals surface area contributed by atoms with Crippen LogP contribution in [0.1, 0.15) is 39.4 Å². The maximum absolute atomic E-state index is 5.06. The summed E-state index contributed by atoms with van der Waals surface area (Å²) in [7, 11) is 0. The van der Waals surface area contributed by atoms with Crippen LogP contribution in [-0.4, -0.2) is 14.4 Å². The van der Waals surface area contributed by atoms with Crippen LogP contribution in [0.3, 0.4) is 0 Å². The largest absolute Gasteiger partial charge is 0.279 e. The SMILES string of the molecule is CCC(C)(CC)c1nc2ccccc2c2nc3ccccc3n12. The standard InChI is InChI=1S/C20H21N3/c1-4-20(3,5-2)19-22-15-11-7-6-10-14(15)18-21-16-12-8-9-13-17(16)23(18)19/h6-13H,4-5H2,1-3H3. The third-order valence-corrected chi connectivity index (χ3v) is 5.24. The van der Waals surface area contributed by atoms with E-state index in [1.807, 2.05) is 12.1 Å². The molecule has 0 aliphatic heterocycles. The summed E-state index contributed by atoms with van der Waals surface area (Å²) in [5.41, 5.74) is 4.25. The maximum atomic E-state index is 5.06. The van der Waals surface area contributed by atoms with Crippen molar-refractivity contribution in [1.29, 1.82) is 0 Å². The molecule has 0 fully saturated rings. The lowest BCUT2D eigenvalue weighted by molar-refractivity contribution is 0.410. The first-order valence-corrected chi connectivity index (χ1v) is 8.34. The number of benzene rings is 2. The van der Waals surface area contributed by atoms with E-state index in [0.717, 1.165) is 46.2 Å². The van der Waals surface area contributed by atoms with Crippen LogP contribution in [-0.2, 0) is 5.41 Å². The van der Waals surface area contributed by atoms with Crippen LogP contribution in [0.15, 0.2) is 48.5 Å². The van der Waals surface area contributed by atoms with Crippen molar-refractivity contribution in [3.63, 3.8) is 0 Å². The van der Waals surface area contributed by atoms with Crippen molar-refractivity contribution in [3.8, 4) is 0 Å². The minimum Gasteiger partial charge on any atom is -0.279 e. The Morgan fingerprint density at radius 3 is 2.26 bits per heavy atom. The van der Waals surface area contributed by atoms with Crippen molar-refractivity contribution in [2.75, 3.05) is 0 Å². The maximum Gasteiger partial charge on any atom is 0.148 e. The molecule has 2 aromatic carbocycles. The second-order valence-corrected chi connectivity index (χ2v) is 6.48. The molecular formula is C20H21N3. The number of hydrogen-bond acceptors (Lipinski definition) is 2. The van der Waals surface area contributed by atoms with Gasteiger partial charge in [0.05, 0.1) is 16.6 Å². The molecular weight excluding hydrogens is 282 g/mol. The summed E-state index contributed by atoms with van der Waals surface area (Å²) in [6.07, 6.45) is 2.10. The molecule has 0 spiro atoms. The Morgan fingerprint density at radius 2 is 1.52 bits per heavy atom. The number of nitrogens with zero attached hydrogens (tertiary/aromatic N) is 3. The number of hydrogen-bond donors (Lipinski definition) is 0. The average Bonchev–Trinajstić information content (AvgIpc) is 3.00. The second-order valence-electron chi connectivity index (χ2n) is 6.48. The van der Waals surface area contributed by atoms with E-state index in [1.165, 1.54) is 0 Å². The van der Waals surface area contributed by atoms with Gasteiger partial charge in [-0.05, 0) is 37.1 Å². The molecule has 0 saturated carbocycles. The van der Waals surface area contributed by atoms with E-state index >= 15 is 0 Å². The van der Waals surface area contributed by atoms with Gasteiger partial charge >= 0.3 is 0 Å². The van der Waals surface area contributed by atoms with E-state index in [-0.39, 0.29) is 5.41 Å². The monoisotopic (exact) mass is 303 g/mol. The van der Waals surface area contributed by atoms with Crippen LogP contribution < -0.4 is 0 Å². The van der Waals surface area contributed by atoms with Crippen LogP contribution in [0.5, 0.6) is 0 Å². The third kappa shape index (κ3) is 1.96. The summed E-state index contributed by atoms with van der Waals surface area (Å²) in [5, 5.41) is 1.11. The first kappa shape index (κ1) is 14.2. The topological polar surface area (TPSA) is 30.2 Å². The lowest BCUT2D eigenvalue weighted by Crippen LogP contribution is -2.25. The molecule has 0 unspecified atom stereocenters. The molecule has 116 valence electrons. The molecule has 0 aliphatic rings. The molecule has 3 nitrogen and oxygen atoms in total. The Kier molecular flexibility index (Phi) is 3.12. The van der Waals surface area contributed by atoms with E-state index in [9.17, 15) is 0 Å². The van der Waals surface area contributed by atoms with Crippen LogP contribution in [0.2, 0.25) is 0 Å². The van der Waals surface area contributed by atoms with Crippen molar-refractivity contribution in [1.82, 2.24) is 14.4 Å². The molecule has 2 aromatic heterocycles. The van der Waals surface area contributed by atoms with Crippen molar-refractivity contribution < 1.29 is 0 Å². The van der Waals surface area contributed by atoms with Gasteiger partial charge in [-0.15, -0.1) is 0 Å². The van der Waals surface area contributed by atoms with E-state index in [1.54, 1.807) is 0 Å². The fourth-order valence-corrected chi connectivity index (χ4v) is 3.32. The average molecular weight is 303 g/mol. The van der Waals surface area contributed by atoms with E-state index in [4.69, 9.17) is 9.97 Å². The van der Waals surface area contributed by atoms with Gasteiger partial charge < -0.3 is 0 Å². The predicted molar refractivity (Wildman–Crippen MR) is 95.9 cm³/mol. The highest BCUT2D eigenvalue weighted by Crippen LogP contribution is 2.34. The molecule has 23 heavy (non-hydrogen) atoms. The Labute approximate surface area is 136 Å². The smallest absolute Gasteiger partial charge is 0.148 e. The highest BCUT2D eigenvalue weighted by molar-refractivity contribution is 5.96. The van der Waals surface area contributed by atoms with Gasteiger partial charge in [-0.3, -0.25) is 4.40 Å². The first-order chi connectivity index (χ1) is 11.2. The van der Waals surface area contributed by atoms with Crippen LogP contribution in [0, 0.1) is 0 Å². The molecule has 2 heterocycles. The zero-order chi connectivity index (χ0) is 16.0. The molecule has 0 radical (unpaired) electrons. The fraction of sp³-hybridized carbons (Fsp3) is 0.300. The molecule has 0 aliphatic carbocycles. The van der Waals surface area contributed by atoms with Crippen molar-refractivity contribution in [2.24, 2.45) is 0 Å². The lowest BCUT2D eigenvalue weighted by atomic mass is 9.83. The Bertz CT molecular complexity index is 1010. The minimum absolute atomic E-state index is 0.0335. The number of rotatable bonds is 3. The lowest BCUT2D eigenvalue weighted by Gasteiger charge is -2.27. The van der Waals surface area contributed by atoms with Crippen molar-refractivity contribution >= 4 is 27.6 Å². The first-order valence-electron chi connectivity index (χ1n) is 8.34. The quantitative estimate of drug-likeness (QED) is 0.526. The summed E-state index contributed by atoms with van der Waals surface area (Å²) in [6.45, 7) is 6.79. The molecule has 0 amide bonds. The number of fused-ring (bicyclic) bond motifs is 5. The van der Waals surface area contributed by atoms with Gasteiger partial charge in [-0.1, -0.05) is 45.0 Å². The zero-order valence-electron chi connectivity index (χ0n) is 13.9. The molecule has 0 bridgehead atoms. The summed E-state index contributed by atoms with van der Waals surface area (Å²) in [6, 6.07) is 16.6. The van der Waals surface area contributed by atoms with Crippen LogP contribution in [0.4, 0.5) is 0 Å². The van der Waals surface area contributed by atoms with Gasteiger partial charge in [0.25, 0.3) is 0 Å². The molecule has 0 atom stereocenters. The van der Waals surface area contributed by atoms with E-state index in [2.05, 4.69) is 61.6 Å². The van der Waals surface area contributed by atoms with Gasteiger partial charge in [0, 0.05) is 10.8 Å². The predicted octanol–water partition coefficient (Wildman–Crippen LogP) is 5.11. The van der Waals surface area contributed by atoms with Crippen molar-refractivity contribution in [3.05, 3.63) is 54.4 Å². The zero-order valence-corrected chi connectivity index (χ0v) is 13.9. The molecule has 0 N–H and O–H groups in total. The van der Waals surface area contributed by atoms with Gasteiger partial charge in [0.1, 0.15) is 11.5 Å². The highest BCUT2D eigenvalue weighted by Gasteiger charge is 2.28. The van der Waals surface area contributed by atoms with Gasteiger partial charge in [0.15, 0.2) is 0 Å². The van der Waals surface area contributed by atoms with E-state index < -0.39 is 0 Å². The Morgan fingerprint density at radius 1 is 0.870 bits per heavy atom. The fourth-order valence-electron chi connectivity index (χ4n) is 3.32. The summed E-state index contributed by atoms with van der Waals surface area (Å²) >= 11 is 0. The Balaban J connectivity index is 2.27. The number of aromatic nitrogens is 3. The van der Waals surface area contributed by atoms with Gasteiger partial charge in [0.2, 0.25) is 0 Å². The van der Waals surface area contributed by atoms with E-state index in [0.29, 0.717) is 0 Å². The summed E-state index contributed by atoms with van der Waals surface area (Å²) < 4.78 is 2.27. The number of imidazole rings is 1. The molecule has 4 rings (SSSR count). The third-order valence-electron chi connectivity index (χ3n) is 5.24. The van der Waals surface area contributed by atoms with Crippen LogP contribution >= 0.6 is 0 Å². The Hall–Kier alpha value is -2.42. The van der Waals surface area contributed by atoms with Gasteiger partial charge in [-0.25, -0.2) is 9.97 Å².